The van der Waals surface area contributed by atoms with E-state index < -0.39 is 12.2 Å². The first-order valence-electron chi connectivity index (χ1n) is 12.3. The molecule has 4 aromatic rings. The fourth-order valence-electron chi connectivity index (χ4n) is 4.69. The number of pyridine rings is 1. The normalized spacial score (nSPS) is 14.0. The lowest BCUT2D eigenvalue weighted by atomic mass is 9.92. The van der Waals surface area contributed by atoms with Gasteiger partial charge in [-0.2, -0.15) is 5.26 Å². The Bertz CT molecular complexity index is 1420. The number of anilines is 1. The molecular weight excluding hydrogens is 452 g/mol. The van der Waals surface area contributed by atoms with Gasteiger partial charge in [-0.15, -0.1) is 0 Å². The Labute approximate surface area is 210 Å². The van der Waals surface area contributed by atoms with Crippen LogP contribution in [0.3, 0.4) is 0 Å². The average molecular weight is 481 g/mol. The summed E-state index contributed by atoms with van der Waals surface area (Å²) in [7, 11) is 0. The molecule has 1 N–H and O–H groups in total. The second-order valence-electron chi connectivity index (χ2n) is 8.93. The Kier molecular flexibility index (Phi) is 6.59. The van der Waals surface area contributed by atoms with Crippen LogP contribution in [0.4, 0.5) is 10.5 Å². The van der Waals surface area contributed by atoms with E-state index in [-0.39, 0.29) is 0 Å². The molecule has 1 amide bonds. The molecule has 1 aliphatic carbocycles. The molecule has 2 aromatic heterocycles. The standard InChI is InChI=1S/C29H28N4O3/c1-3-35-24-11-12-25-26(18-30)28(33(27(25)17-24)23-5-4-6-23)21-7-9-22(10-8-21)32-29(34)36-19(2)20-13-15-31-16-14-20/h7-17,19,23H,3-6H2,1-2H3,(H,32,34)/t19-/m0/s1. The van der Waals surface area contributed by atoms with Crippen LogP contribution in [-0.2, 0) is 4.74 Å². The van der Waals surface area contributed by atoms with Gasteiger partial charge in [0.1, 0.15) is 17.9 Å². The summed E-state index contributed by atoms with van der Waals surface area (Å²) in [5.41, 5.74) is 5.01. The molecule has 1 atom stereocenters. The number of hydrogen-bond acceptors (Lipinski definition) is 5. The maximum Gasteiger partial charge on any atom is 0.412 e. The summed E-state index contributed by atoms with van der Waals surface area (Å²) >= 11 is 0. The fourth-order valence-corrected chi connectivity index (χ4v) is 4.69. The predicted octanol–water partition coefficient (Wildman–Crippen LogP) is 7.01. The van der Waals surface area contributed by atoms with Gasteiger partial charge in [0.15, 0.2) is 0 Å². The van der Waals surface area contributed by atoms with Crippen molar-refractivity contribution in [1.82, 2.24) is 9.55 Å². The Balaban J connectivity index is 1.43. The van der Waals surface area contributed by atoms with Crippen molar-refractivity contribution in [3.8, 4) is 23.1 Å². The van der Waals surface area contributed by atoms with E-state index in [0.717, 1.165) is 46.3 Å². The second kappa shape index (κ2) is 10.1. The van der Waals surface area contributed by atoms with Crippen LogP contribution >= 0.6 is 0 Å². The lowest BCUT2D eigenvalue weighted by Crippen LogP contribution is -2.18. The molecule has 0 radical (unpaired) electrons. The highest BCUT2D eigenvalue weighted by Crippen LogP contribution is 2.43. The van der Waals surface area contributed by atoms with Crippen LogP contribution < -0.4 is 10.1 Å². The van der Waals surface area contributed by atoms with E-state index in [1.807, 2.05) is 68.4 Å². The van der Waals surface area contributed by atoms with Gasteiger partial charge in [0, 0.05) is 35.6 Å². The third kappa shape index (κ3) is 4.50. The fraction of sp³-hybridized carbons (Fsp3) is 0.276. The van der Waals surface area contributed by atoms with E-state index in [1.165, 1.54) is 6.42 Å². The number of carbonyl (C=O) groups is 1. The lowest BCUT2D eigenvalue weighted by molar-refractivity contribution is 0.121. The number of benzene rings is 2. The van der Waals surface area contributed by atoms with Crippen molar-refractivity contribution in [3.05, 3.63) is 78.1 Å². The molecule has 1 fully saturated rings. The zero-order valence-corrected chi connectivity index (χ0v) is 20.4. The monoisotopic (exact) mass is 480 g/mol. The van der Waals surface area contributed by atoms with Crippen LogP contribution in [0.1, 0.15) is 56.4 Å². The number of nitrogens with one attached hydrogen (secondary N) is 1. The summed E-state index contributed by atoms with van der Waals surface area (Å²) in [4.78, 5) is 16.4. The van der Waals surface area contributed by atoms with Gasteiger partial charge in [0.05, 0.1) is 23.4 Å². The highest BCUT2D eigenvalue weighted by Gasteiger charge is 2.28. The second-order valence-corrected chi connectivity index (χ2v) is 8.93. The Morgan fingerprint density at radius 3 is 2.56 bits per heavy atom. The molecule has 7 nitrogen and oxygen atoms in total. The Morgan fingerprint density at radius 2 is 1.92 bits per heavy atom. The first kappa shape index (κ1) is 23.4. The molecule has 0 bridgehead atoms. The van der Waals surface area contributed by atoms with Crippen LogP contribution in [0, 0.1) is 11.3 Å². The Hall–Kier alpha value is -4.31. The molecule has 36 heavy (non-hydrogen) atoms. The van der Waals surface area contributed by atoms with E-state index in [0.29, 0.717) is 23.9 Å². The molecular formula is C29H28N4O3. The zero-order chi connectivity index (χ0) is 25.1. The summed E-state index contributed by atoms with van der Waals surface area (Å²) < 4.78 is 13.5. The van der Waals surface area contributed by atoms with Crippen molar-refractivity contribution in [2.75, 3.05) is 11.9 Å². The molecule has 0 aliphatic heterocycles. The molecule has 0 spiro atoms. The van der Waals surface area contributed by atoms with Gasteiger partial charge in [0.25, 0.3) is 0 Å². The third-order valence-corrected chi connectivity index (χ3v) is 6.70. The number of hydrogen-bond donors (Lipinski definition) is 1. The number of carbonyl (C=O) groups excluding carboxylic acids is 1. The van der Waals surface area contributed by atoms with Crippen LogP contribution in [0.15, 0.2) is 67.0 Å². The summed E-state index contributed by atoms with van der Waals surface area (Å²) in [5.74, 6) is 0.804. The van der Waals surface area contributed by atoms with Crippen LogP contribution in [-0.4, -0.2) is 22.3 Å². The topological polar surface area (TPSA) is 89.2 Å². The molecule has 2 aromatic carbocycles. The van der Waals surface area contributed by atoms with Crippen molar-refractivity contribution >= 4 is 22.7 Å². The minimum absolute atomic E-state index is 0.351. The number of amides is 1. The van der Waals surface area contributed by atoms with E-state index in [2.05, 4.69) is 20.9 Å². The van der Waals surface area contributed by atoms with Gasteiger partial charge in [-0.3, -0.25) is 10.3 Å². The maximum atomic E-state index is 12.4. The molecule has 1 aliphatic rings. The lowest BCUT2D eigenvalue weighted by Gasteiger charge is -2.30. The van der Waals surface area contributed by atoms with Gasteiger partial charge in [-0.1, -0.05) is 12.1 Å². The van der Waals surface area contributed by atoms with E-state index >= 15 is 0 Å². The van der Waals surface area contributed by atoms with Gasteiger partial charge in [0.2, 0.25) is 0 Å². The number of ether oxygens (including phenoxy) is 2. The molecule has 0 unspecified atom stereocenters. The van der Waals surface area contributed by atoms with E-state index in [1.54, 1.807) is 12.4 Å². The third-order valence-electron chi connectivity index (χ3n) is 6.70. The molecule has 7 heteroatoms. The number of nitrogens with zero attached hydrogens (tertiary/aromatic N) is 3. The SMILES string of the molecule is CCOc1ccc2c(C#N)c(-c3ccc(NC(=O)O[C@@H](C)c4ccncc4)cc3)n(C3CCC3)c2c1. The van der Waals surface area contributed by atoms with Crippen LogP contribution in [0.2, 0.25) is 0 Å². The smallest absolute Gasteiger partial charge is 0.412 e. The highest BCUT2D eigenvalue weighted by molar-refractivity contribution is 5.96. The van der Waals surface area contributed by atoms with Crippen molar-refractivity contribution in [3.63, 3.8) is 0 Å². The Morgan fingerprint density at radius 1 is 1.17 bits per heavy atom. The summed E-state index contributed by atoms with van der Waals surface area (Å²) in [6.07, 6.45) is 5.76. The minimum Gasteiger partial charge on any atom is -0.494 e. The van der Waals surface area contributed by atoms with Crippen molar-refractivity contribution in [2.24, 2.45) is 0 Å². The predicted molar refractivity (Wildman–Crippen MR) is 139 cm³/mol. The first-order valence-corrected chi connectivity index (χ1v) is 12.3. The molecule has 1 saturated carbocycles. The number of aromatic nitrogens is 2. The summed E-state index contributed by atoms with van der Waals surface area (Å²) in [5, 5.41) is 13.8. The van der Waals surface area contributed by atoms with Gasteiger partial charge in [-0.05, 0) is 80.6 Å². The van der Waals surface area contributed by atoms with Crippen LogP contribution in [0.5, 0.6) is 5.75 Å². The van der Waals surface area contributed by atoms with E-state index in [4.69, 9.17) is 9.47 Å². The number of nitriles is 1. The average Bonchev–Trinajstić information content (AvgIpc) is 3.17. The summed E-state index contributed by atoms with van der Waals surface area (Å²) in [6.45, 7) is 4.37. The first-order chi connectivity index (χ1) is 17.6. The summed E-state index contributed by atoms with van der Waals surface area (Å²) in [6, 6.07) is 19.9. The molecule has 2 heterocycles. The number of fused-ring (bicyclic) bond motifs is 1. The van der Waals surface area contributed by atoms with E-state index in [9.17, 15) is 10.1 Å². The maximum absolute atomic E-state index is 12.4. The van der Waals surface area contributed by atoms with Gasteiger partial charge < -0.3 is 14.0 Å². The van der Waals surface area contributed by atoms with Crippen molar-refractivity contribution < 1.29 is 14.3 Å². The molecule has 0 saturated heterocycles. The quantitative estimate of drug-likeness (QED) is 0.307. The number of rotatable bonds is 7. The molecule has 5 rings (SSSR count). The van der Waals surface area contributed by atoms with Crippen molar-refractivity contribution in [2.45, 2.75) is 45.3 Å². The van der Waals surface area contributed by atoms with Crippen molar-refractivity contribution in [1.29, 1.82) is 5.26 Å². The minimum atomic E-state index is -0.531. The van der Waals surface area contributed by atoms with Gasteiger partial charge in [-0.25, -0.2) is 4.79 Å². The molecule has 182 valence electrons. The zero-order valence-electron chi connectivity index (χ0n) is 20.4. The highest BCUT2D eigenvalue weighted by atomic mass is 16.6. The largest absolute Gasteiger partial charge is 0.494 e. The van der Waals surface area contributed by atoms with Gasteiger partial charge >= 0.3 is 6.09 Å². The van der Waals surface area contributed by atoms with Crippen LogP contribution in [0.25, 0.3) is 22.2 Å².